The highest BCUT2D eigenvalue weighted by Gasteiger charge is 2.62. The highest BCUT2D eigenvalue weighted by atomic mass is 16.2. The highest BCUT2D eigenvalue weighted by molar-refractivity contribution is 6.25. The van der Waals surface area contributed by atoms with E-state index in [4.69, 9.17) is 0 Å². The zero-order valence-electron chi connectivity index (χ0n) is 18.0. The summed E-state index contributed by atoms with van der Waals surface area (Å²) in [4.78, 5) is 55.7. The van der Waals surface area contributed by atoms with Gasteiger partial charge in [-0.2, -0.15) is 0 Å². The van der Waals surface area contributed by atoms with Crippen molar-refractivity contribution in [2.45, 2.75) is 26.7 Å². The summed E-state index contributed by atoms with van der Waals surface area (Å²) in [6.45, 7) is 4.10. The lowest BCUT2D eigenvalue weighted by Crippen LogP contribution is -2.35. The van der Waals surface area contributed by atoms with E-state index in [1.807, 2.05) is 13.8 Å². The Morgan fingerprint density at radius 2 is 1.06 bits per heavy atom. The van der Waals surface area contributed by atoms with Gasteiger partial charge in [-0.25, -0.2) is 9.80 Å². The summed E-state index contributed by atoms with van der Waals surface area (Å²) in [5.74, 6) is -1.12. The Hall–Kier alpha value is -3.02. The second-order valence-electron chi connectivity index (χ2n) is 10.5. The summed E-state index contributed by atoms with van der Waals surface area (Å²) in [5.41, 5.74) is 3.34. The maximum absolute atomic E-state index is 13.3. The first kappa shape index (κ1) is 18.5. The molecular weight excluding hydrogens is 404 g/mol. The van der Waals surface area contributed by atoms with E-state index in [1.165, 1.54) is 20.9 Å². The predicted molar refractivity (Wildman–Crippen MR) is 116 cm³/mol. The molecule has 0 spiro atoms. The van der Waals surface area contributed by atoms with Gasteiger partial charge in [0, 0.05) is 0 Å². The van der Waals surface area contributed by atoms with Crippen LogP contribution in [0.5, 0.6) is 0 Å². The number of fused-ring (bicyclic) bond motifs is 10. The first-order valence-electron chi connectivity index (χ1n) is 11.6. The summed E-state index contributed by atoms with van der Waals surface area (Å²) >= 11 is 0. The zero-order chi connectivity index (χ0) is 22.0. The van der Waals surface area contributed by atoms with Gasteiger partial charge in [0.1, 0.15) is 0 Å². The van der Waals surface area contributed by atoms with Gasteiger partial charge in [0.15, 0.2) is 0 Å². The van der Waals surface area contributed by atoms with Gasteiger partial charge in [0.25, 0.3) is 0 Å². The largest absolute Gasteiger partial charge is 0.274 e. The maximum atomic E-state index is 13.3. The first-order chi connectivity index (χ1) is 15.4. The number of nitrogens with zero attached hydrogens (tertiary/aromatic N) is 2. The standard InChI is InChI=1S/C26H24N2O4/c1-11-6-13-8-17(11)21-19(13)23(29)27(25(21)31)15-4-3-5-16(10-15)28-24(30)20-14-7-12(2)18(9-14)22(20)26(28)32/h3-7,10,13-14,17-22H,8-9H2,1-2H3/t13-,14-,17+,18+,19-,20+,21-,22+/m0/s1. The van der Waals surface area contributed by atoms with Gasteiger partial charge in [0.05, 0.1) is 35.0 Å². The Balaban J connectivity index is 1.23. The topological polar surface area (TPSA) is 74.8 Å². The lowest BCUT2D eigenvalue weighted by molar-refractivity contribution is -0.124. The van der Waals surface area contributed by atoms with Crippen LogP contribution in [-0.2, 0) is 19.2 Å². The van der Waals surface area contributed by atoms with Crippen LogP contribution in [0.25, 0.3) is 0 Å². The van der Waals surface area contributed by atoms with Crippen molar-refractivity contribution in [1.29, 1.82) is 0 Å². The molecule has 0 aromatic heterocycles. The third kappa shape index (κ3) is 2.02. The van der Waals surface area contributed by atoms with Gasteiger partial charge < -0.3 is 0 Å². The molecule has 0 radical (unpaired) electrons. The van der Waals surface area contributed by atoms with Gasteiger partial charge in [-0.3, -0.25) is 19.2 Å². The molecule has 4 amide bonds. The third-order valence-electron chi connectivity index (χ3n) is 9.11. The minimum absolute atomic E-state index is 0.141. The zero-order valence-corrected chi connectivity index (χ0v) is 18.0. The van der Waals surface area contributed by atoms with Crippen LogP contribution in [0.2, 0.25) is 0 Å². The SMILES string of the molecule is CC1=C[C@H]2C[C@H]1[C@@H]1C(=O)N(c3cccc(N4C(=O)[C@H]5[C@H](C4=O)[C@H]4C=C(C)[C@H]5C4)c3)C(=O)[C@H]12. The van der Waals surface area contributed by atoms with Gasteiger partial charge >= 0.3 is 0 Å². The van der Waals surface area contributed by atoms with Crippen LogP contribution in [0, 0.1) is 47.3 Å². The fraction of sp³-hybridized carbons (Fsp3) is 0.462. The Morgan fingerprint density at radius 1 is 0.656 bits per heavy atom. The summed E-state index contributed by atoms with van der Waals surface area (Å²) in [7, 11) is 0. The molecule has 2 heterocycles. The number of hydrogen-bond acceptors (Lipinski definition) is 4. The van der Waals surface area contributed by atoms with E-state index in [2.05, 4.69) is 12.2 Å². The van der Waals surface area contributed by atoms with Crippen molar-refractivity contribution >= 4 is 35.0 Å². The number of anilines is 2. The van der Waals surface area contributed by atoms with Crippen molar-refractivity contribution in [3.05, 3.63) is 47.6 Å². The van der Waals surface area contributed by atoms with Crippen LogP contribution in [0.4, 0.5) is 11.4 Å². The third-order valence-corrected chi connectivity index (χ3v) is 9.11. The summed E-state index contributed by atoms with van der Waals surface area (Å²) in [5, 5.41) is 0. The molecule has 6 nitrogen and oxygen atoms in total. The number of rotatable bonds is 2. The van der Waals surface area contributed by atoms with Crippen LogP contribution in [0.15, 0.2) is 47.6 Å². The molecule has 4 fully saturated rings. The summed E-state index contributed by atoms with van der Waals surface area (Å²) in [6, 6.07) is 6.84. The second-order valence-corrected chi connectivity index (χ2v) is 10.5. The predicted octanol–water partition coefficient (Wildman–Crippen LogP) is 3.09. The number of hydrogen-bond donors (Lipinski definition) is 0. The fourth-order valence-corrected chi connectivity index (χ4v) is 7.83. The Bertz CT molecular complexity index is 1120. The monoisotopic (exact) mass is 428 g/mol. The number of carbonyl (C=O) groups excluding carboxylic acids is 4. The smallest absolute Gasteiger partial charge is 0.238 e. The van der Waals surface area contributed by atoms with Crippen LogP contribution >= 0.6 is 0 Å². The molecule has 2 aliphatic heterocycles. The molecule has 6 heteroatoms. The average molecular weight is 428 g/mol. The van der Waals surface area contributed by atoms with Crippen molar-refractivity contribution in [2.75, 3.05) is 9.80 Å². The number of carbonyl (C=O) groups is 4. The Kier molecular flexibility index (Phi) is 3.39. The average Bonchev–Trinajstić information content (AvgIpc) is 3.56. The van der Waals surface area contributed by atoms with E-state index in [-0.39, 0.29) is 71.0 Å². The molecule has 4 bridgehead atoms. The minimum atomic E-state index is -0.279. The molecule has 7 rings (SSSR count). The quantitative estimate of drug-likeness (QED) is 0.536. The van der Waals surface area contributed by atoms with E-state index in [1.54, 1.807) is 24.3 Å². The van der Waals surface area contributed by atoms with Crippen molar-refractivity contribution in [2.24, 2.45) is 47.3 Å². The summed E-state index contributed by atoms with van der Waals surface area (Å²) < 4.78 is 0. The Labute approximate surface area is 185 Å². The minimum Gasteiger partial charge on any atom is -0.274 e. The second kappa shape index (κ2) is 5.85. The molecule has 1 aromatic rings. The molecule has 8 atom stereocenters. The lowest BCUT2D eigenvalue weighted by Gasteiger charge is -2.22. The highest BCUT2D eigenvalue weighted by Crippen LogP contribution is 2.57. The van der Waals surface area contributed by atoms with E-state index in [0.717, 1.165) is 12.8 Å². The van der Waals surface area contributed by atoms with E-state index in [0.29, 0.717) is 11.4 Å². The van der Waals surface area contributed by atoms with Crippen molar-refractivity contribution in [3.63, 3.8) is 0 Å². The fourth-order valence-electron chi connectivity index (χ4n) is 7.83. The number of imide groups is 2. The molecule has 6 aliphatic rings. The molecule has 2 saturated heterocycles. The lowest BCUT2D eigenvalue weighted by atomic mass is 9.82. The van der Waals surface area contributed by atoms with Crippen molar-refractivity contribution < 1.29 is 19.2 Å². The normalized spacial score (nSPS) is 41.1. The number of amides is 4. The summed E-state index contributed by atoms with van der Waals surface area (Å²) in [6.07, 6.45) is 6.09. The van der Waals surface area contributed by atoms with Crippen LogP contribution in [-0.4, -0.2) is 23.6 Å². The van der Waals surface area contributed by atoms with Crippen LogP contribution in [0.1, 0.15) is 26.7 Å². The van der Waals surface area contributed by atoms with Gasteiger partial charge in [0.2, 0.25) is 23.6 Å². The maximum Gasteiger partial charge on any atom is 0.238 e. The molecule has 2 saturated carbocycles. The number of allylic oxidation sites excluding steroid dienone is 4. The molecule has 0 N–H and O–H groups in total. The molecular formula is C26H24N2O4. The van der Waals surface area contributed by atoms with Crippen molar-refractivity contribution in [3.8, 4) is 0 Å². The molecule has 1 aromatic carbocycles. The Morgan fingerprint density at radius 3 is 1.50 bits per heavy atom. The van der Waals surface area contributed by atoms with E-state index >= 15 is 0 Å². The number of benzene rings is 1. The van der Waals surface area contributed by atoms with E-state index in [9.17, 15) is 19.2 Å². The first-order valence-corrected chi connectivity index (χ1v) is 11.6. The molecule has 162 valence electrons. The molecule has 4 aliphatic carbocycles. The van der Waals surface area contributed by atoms with Crippen LogP contribution < -0.4 is 9.80 Å². The molecule has 32 heavy (non-hydrogen) atoms. The van der Waals surface area contributed by atoms with E-state index < -0.39 is 0 Å². The van der Waals surface area contributed by atoms with Crippen molar-refractivity contribution in [1.82, 2.24) is 0 Å². The van der Waals surface area contributed by atoms with Gasteiger partial charge in [-0.05, 0) is 68.6 Å². The van der Waals surface area contributed by atoms with Crippen LogP contribution in [0.3, 0.4) is 0 Å². The van der Waals surface area contributed by atoms with Gasteiger partial charge in [-0.15, -0.1) is 0 Å². The van der Waals surface area contributed by atoms with Gasteiger partial charge in [-0.1, -0.05) is 29.4 Å². The molecule has 0 unspecified atom stereocenters.